The Hall–Kier alpha value is -3.69. The van der Waals surface area contributed by atoms with Crippen molar-refractivity contribution in [3.8, 4) is 23.0 Å². The quantitative estimate of drug-likeness (QED) is 0.414. The Bertz CT molecular complexity index is 1340. The van der Waals surface area contributed by atoms with Gasteiger partial charge < -0.3 is 18.6 Å². The fraction of sp³-hybridized carbons (Fsp3) is 0.320. The van der Waals surface area contributed by atoms with Crippen molar-refractivity contribution in [3.05, 3.63) is 70.6 Å². The van der Waals surface area contributed by atoms with E-state index >= 15 is 0 Å². The molecule has 9 nitrogen and oxygen atoms in total. The molecule has 0 bridgehead atoms. The Morgan fingerprint density at radius 2 is 1.71 bits per heavy atom. The van der Waals surface area contributed by atoms with E-state index in [4.69, 9.17) is 23.6 Å². The van der Waals surface area contributed by atoms with Crippen molar-refractivity contribution in [1.82, 2.24) is 19.4 Å². The van der Waals surface area contributed by atoms with Gasteiger partial charge in [-0.25, -0.2) is 9.97 Å². The summed E-state index contributed by atoms with van der Waals surface area (Å²) in [5, 5.41) is 0.454. The number of nitrogens with zero attached hydrogens (tertiary/aromatic N) is 4. The molecule has 0 spiro atoms. The van der Waals surface area contributed by atoms with Gasteiger partial charge in [0.15, 0.2) is 11.5 Å². The normalized spacial score (nSPS) is 14.4. The molecule has 0 amide bonds. The average molecular weight is 463 g/mol. The topological polar surface area (TPSA) is 91.9 Å². The van der Waals surface area contributed by atoms with E-state index in [9.17, 15) is 4.79 Å². The zero-order valence-corrected chi connectivity index (χ0v) is 19.2. The minimum atomic E-state index is -0.168. The molecule has 4 aromatic rings. The minimum Gasteiger partial charge on any atom is -0.493 e. The molecule has 0 aliphatic carbocycles. The number of ether oxygens (including phenoxy) is 3. The number of methoxy groups -OCH3 is 2. The lowest BCUT2D eigenvalue weighted by Crippen LogP contribution is -2.38. The van der Waals surface area contributed by atoms with Crippen LogP contribution in [0.2, 0.25) is 0 Å². The van der Waals surface area contributed by atoms with E-state index in [1.165, 1.54) is 0 Å². The second kappa shape index (κ2) is 9.66. The van der Waals surface area contributed by atoms with Crippen molar-refractivity contribution in [3.63, 3.8) is 0 Å². The molecule has 5 rings (SSSR count). The standard InChI is InChI=1S/C25H26N4O5/c1-31-21-12-19-20(13-22(21)32-2)27-23(15-28-8-10-33-11-9-28)29(25(19)30)14-18-16-34-24(26-18)17-6-4-3-5-7-17/h3-7,12-13,16H,8-11,14-15H2,1-2H3. The lowest BCUT2D eigenvalue weighted by molar-refractivity contribution is 0.0325. The second-order valence-electron chi connectivity index (χ2n) is 8.04. The molecule has 0 atom stereocenters. The Morgan fingerprint density at radius 1 is 0.971 bits per heavy atom. The zero-order chi connectivity index (χ0) is 23.5. The summed E-state index contributed by atoms with van der Waals surface area (Å²) in [6, 6.07) is 13.1. The van der Waals surface area contributed by atoms with E-state index in [2.05, 4.69) is 9.88 Å². The summed E-state index contributed by atoms with van der Waals surface area (Å²) in [5.41, 5.74) is 1.92. The number of aromatic nitrogens is 3. The number of hydrogen-bond donors (Lipinski definition) is 0. The Morgan fingerprint density at radius 3 is 2.44 bits per heavy atom. The van der Waals surface area contributed by atoms with Crippen LogP contribution in [0.15, 0.2) is 57.9 Å². The van der Waals surface area contributed by atoms with Crippen LogP contribution < -0.4 is 15.0 Å². The summed E-state index contributed by atoms with van der Waals surface area (Å²) in [7, 11) is 3.11. The van der Waals surface area contributed by atoms with Crippen molar-refractivity contribution < 1.29 is 18.6 Å². The molecule has 1 aliphatic rings. The van der Waals surface area contributed by atoms with E-state index in [-0.39, 0.29) is 12.1 Å². The number of oxazole rings is 1. The molecule has 1 fully saturated rings. The van der Waals surface area contributed by atoms with Crippen molar-refractivity contribution >= 4 is 10.9 Å². The summed E-state index contributed by atoms with van der Waals surface area (Å²) in [4.78, 5) is 25.4. The highest BCUT2D eigenvalue weighted by Crippen LogP contribution is 2.30. The third-order valence-corrected chi connectivity index (χ3v) is 5.90. The lowest BCUT2D eigenvalue weighted by atomic mass is 10.2. The largest absolute Gasteiger partial charge is 0.493 e. The highest BCUT2D eigenvalue weighted by Gasteiger charge is 2.20. The Kier molecular flexibility index (Phi) is 6.29. The van der Waals surface area contributed by atoms with Crippen LogP contribution >= 0.6 is 0 Å². The van der Waals surface area contributed by atoms with E-state index in [1.54, 1.807) is 37.2 Å². The van der Waals surface area contributed by atoms with Crippen LogP contribution in [0, 0.1) is 0 Å². The van der Waals surface area contributed by atoms with Crippen LogP contribution in [0.4, 0.5) is 0 Å². The maximum atomic E-state index is 13.7. The fourth-order valence-electron chi connectivity index (χ4n) is 4.09. The molecule has 0 saturated carbocycles. The van der Waals surface area contributed by atoms with Gasteiger partial charge in [-0.15, -0.1) is 0 Å². The van der Waals surface area contributed by atoms with Gasteiger partial charge in [0.1, 0.15) is 12.1 Å². The molecule has 0 radical (unpaired) electrons. The predicted octanol–water partition coefficient (Wildman–Crippen LogP) is 2.95. The monoisotopic (exact) mass is 462 g/mol. The molecule has 3 heterocycles. The summed E-state index contributed by atoms with van der Waals surface area (Å²) in [5.74, 6) is 2.17. The lowest BCUT2D eigenvalue weighted by Gasteiger charge is -2.27. The molecule has 176 valence electrons. The molecule has 1 saturated heterocycles. The fourth-order valence-corrected chi connectivity index (χ4v) is 4.09. The maximum Gasteiger partial charge on any atom is 0.261 e. The van der Waals surface area contributed by atoms with Crippen molar-refractivity contribution in [2.75, 3.05) is 40.5 Å². The summed E-state index contributed by atoms with van der Waals surface area (Å²) in [6.45, 7) is 3.64. The van der Waals surface area contributed by atoms with Crippen molar-refractivity contribution in [1.29, 1.82) is 0 Å². The van der Waals surface area contributed by atoms with Gasteiger partial charge in [0.25, 0.3) is 5.56 Å². The van der Waals surface area contributed by atoms with Gasteiger partial charge in [0.05, 0.1) is 57.1 Å². The van der Waals surface area contributed by atoms with Crippen LogP contribution in [0.3, 0.4) is 0 Å². The molecule has 9 heteroatoms. The van der Waals surface area contributed by atoms with Crippen LogP contribution in [-0.2, 0) is 17.8 Å². The van der Waals surface area contributed by atoms with Gasteiger partial charge in [-0.1, -0.05) is 18.2 Å². The van der Waals surface area contributed by atoms with Crippen molar-refractivity contribution in [2.24, 2.45) is 0 Å². The molecule has 2 aromatic heterocycles. The van der Waals surface area contributed by atoms with E-state index in [0.717, 1.165) is 18.7 Å². The van der Waals surface area contributed by atoms with Crippen LogP contribution in [0.5, 0.6) is 11.5 Å². The van der Waals surface area contributed by atoms with Gasteiger partial charge >= 0.3 is 0 Å². The molecule has 2 aromatic carbocycles. The first-order valence-electron chi connectivity index (χ1n) is 11.1. The van der Waals surface area contributed by atoms with Gasteiger partial charge in [-0.2, -0.15) is 0 Å². The molecule has 1 aliphatic heterocycles. The molecule has 0 unspecified atom stereocenters. The Balaban J connectivity index is 1.57. The summed E-state index contributed by atoms with van der Waals surface area (Å²) in [6.07, 6.45) is 1.59. The maximum absolute atomic E-state index is 13.7. The first-order chi connectivity index (χ1) is 16.7. The summed E-state index contributed by atoms with van der Waals surface area (Å²) < 4.78 is 23.7. The number of benzene rings is 2. The Labute approximate surface area is 196 Å². The third-order valence-electron chi connectivity index (χ3n) is 5.90. The molecular formula is C25H26N4O5. The highest BCUT2D eigenvalue weighted by molar-refractivity contribution is 5.82. The summed E-state index contributed by atoms with van der Waals surface area (Å²) >= 11 is 0. The van der Waals surface area contributed by atoms with E-state index in [0.29, 0.717) is 59.6 Å². The first-order valence-corrected chi connectivity index (χ1v) is 11.1. The van der Waals surface area contributed by atoms with Gasteiger partial charge in [-0.3, -0.25) is 14.3 Å². The van der Waals surface area contributed by atoms with Gasteiger partial charge in [0.2, 0.25) is 5.89 Å². The third kappa shape index (κ3) is 4.40. The van der Waals surface area contributed by atoms with Crippen LogP contribution in [0.25, 0.3) is 22.4 Å². The number of hydrogen-bond acceptors (Lipinski definition) is 8. The second-order valence-corrected chi connectivity index (χ2v) is 8.04. The molecular weight excluding hydrogens is 436 g/mol. The highest BCUT2D eigenvalue weighted by atomic mass is 16.5. The molecule has 34 heavy (non-hydrogen) atoms. The predicted molar refractivity (Wildman–Crippen MR) is 126 cm³/mol. The minimum absolute atomic E-state index is 0.168. The van der Waals surface area contributed by atoms with Crippen LogP contribution in [0.1, 0.15) is 11.5 Å². The number of fused-ring (bicyclic) bond motifs is 1. The molecule has 0 N–H and O–H groups in total. The SMILES string of the molecule is COc1cc2nc(CN3CCOCC3)n(Cc3coc(-c4ccccc4)n3)c(=O)c2cc1OC. The average Bonchev–Trinajstić information content (AvgIpc) is 3.35. The smallest absolute Gasteiger partial charge is 0.261 e. The number of rotatable bonds is 7. The van der Waals surface area contributed by atoms with E-state index < -0.39 is 0 Å². The van der Waals surface area contributed by atoms with Gasteiger partial charge in [0, 0.05) is 24.7 Å². The number of morpholine rings is 1. The van der Waals surface area contributed by atoms with E-state index in [1.807, 2.05) is 30.3 Å². The zero-order valence-electron chi connectivity index (χ0n) is 19.2. The van der Waals surface area contributed by atoms with Crippen molar-refractivity contribution in [2.45, 2.75) is 13.1 Å². The van der Waals surface area contributed by atoms with Crippen LogP contribution in [-0.4, -0.2) is 60.0 Å². The van der Waals surface area contributed by atoms with Gasteiger partial charge in [-0.05, 0) is 18.2 Å². The first kappa shape index (κ1) is 22.1.